The number of benzene rings is 1. The van der Waals surface area contributed by atoms with Crippen molar-refractivity contribution in [2.24, 2.45) is 0 Å². The molecule has 0 bridgehead atoms. The third-order valence-electron chi connectivity index (χ3n) is 3.46. The molecule has 3 rings (SSSR count). The summed E-state index contributed by atoms with van der Waals surface area (Å²) in [6.07, 6.45) is 2.06. The lowest BCUT2D eigenvalue weighted by atomic mass is 10.0. The number of carbonyl (C=O) groups is 1. The number of anilines is 1. The van der Waals surface area contributed by atoms with Gasteiger partial charge in [0.2, 0.25) is 5.91 Å². The van der Waals surface area contributed by atoms with Crippen molar-refractivity contribution < 1.29 is 17.4 Å². The molecule has 0 atom stereocenters. The van der Waals surface area contributed by atoms with Crippen LogP contribution >= 0.6 is 11.6 Å². The van der Waals surface area contributed by atoms with E-state index < -0.39 is 10.1 Å². The number of rotatable bonds is 3. The van der Waals surface area contributed by atoms with Gasteiger partial charge in [-0.25, -0.2) is 4.98 Å². The molecule has 0 saturated heterocycles. The number of nitrogens with one attached hydrogen (secondary N) is 1. The topological polar surface area (TPSA) is 85.4 Å². The number of nitrogens with zero attached hydrogens (tertiary/aromatic N) is 1. The summed E-state index contributed by atoms with van der Waals surface area (Å²) in [7, 11) is -4.00. The van der Waals surface area contributed by atoms with Crippen LogP contribution in [0.15, 0.2) is 35.4 Å². The summed E-state index contributed by atoms with van der Waals surface area (Å²) >= 11 is 5.80. The van der Waals surface area contributed by atoms with Gasteiger partial charge in [-0.3, -0.25) is 4.79 Å². The number of halogens is 1. The van der Waals surface area contributed by atoms with Crippen molar-refractivity contribution in [3.63, 3.8) is 0 Å². The summed E-state index contributed by atoms with van der Waals surface area (Å²) in [6.45, 7) is 1.66. The number of pyridine rings is 1. The van der Waals surface area contributed by atoms with Crippen molar-refractivity contribution in [3.8, 4) is 5.75 Å². The molecule has 1 N–H and O–H groups in total. The molecule has 0 spiro atoms. The minimum absolute atomic E-state index is 0.0542. The van der Waals surface area contributed by atoms with Crippen LogP contribution in [0.5, 0.6) is 5.75 Å². The van der Waals surface area contributed by atoms with E-state index in [-0.39, 0.29) is 21.7 Å². The van der Waals surface area contributed by atoms with Crippen LogP contribution in [0, 0.1) is 6.92 Å². The summed E-state index contributed by atoms with van der Waals surface area (Å²) in [5, 5.41) is 2.97. The lowest BCUT2D eigenvalue weighted by molar-refractivity contribution is -0.116. The normalized spacial score (nSPS) is 14.1. The summed E-state index contributed by atoms with van der Waals surface area (Å²) in [6, 6.07) is 6.15. The zero-order chi connectivity index (χ0) is 16.6. The first-order chi connectivity index (χ1) is 10.8. The Morgan fingerprint density at radius 1 is 1.26 bits per heavy atom. The monoisotopic (exact) mass is 352 g/mol. The van der Waals surface area contributed by atoms with Crippen molar-refractivity contribution in [3.05, 3.63) is 46.7 Å². The van der Waals surface area contributed by atoms with Crippen LogP contribution in [0.2, 0.25) is 5.15 Å². The van der Waals surface area contributed by atoms with Gasteiger partial charge in [0.25, 0.3) is 0 Å². The van der Waals surface area contributed by atoms with E-state index in [1.807, 2.05) is 0 Å². The Bertz CT molecular complexity index is 896. The van der Waals surface area contributed by atoms with Crippen LogP contribution in [-0.4, -0.2) is 19.3 Å². The molecule has 0 fully saturated rings. The fourth-order valence-electron chi connectivity index (χ4n) is 2.26. The van der Waals surface area contributed by atoms with Gasteiger partial charge < -0.3 is 9.50 Å². The molecule has 23 heavy (non-hydrogen) atoms. The molecule has 1 aliphatic heterocycles. The van der Waals surface area contributed by atoms with E-state index in [0.717, 1.165) is 11.8 Å². The maximum atomic E-state index is 12.3. The highest BCUT2D eigenvalue weighted by Crippen LogP contribution is 2.28. The van der Waals surface area contributed by atoms with Gasteiger partial charge in [0.05, 0.1) is 6.20 Å². The van der Waals surface area contributed by atoms with Crippen LogP contribution in [0.4, 0.5) is 5.69 Å². The van der Waals surface area contributed by atoms with E-state index >= 15 is 0 Å². The average molecular weight is 353 g/mol. The Hall–Kier alpha value is -2.12. The lowest BCUT2D eigenvalue weighted by Crippen LogP contribution is -2.19. The molecular weight excluding hydrogens is 340 g/mol. The minimum atomic E-state index is -4.00. The SMILES string of the molecule is Cc1cc(S(=O)(=O)Oc2ccc3c(c2)CCC(=O)N3)cnc1Cl. The molecular formula is C15H13ClN2O4S. The maximum Gasteiger partial charge on any atom is 0.340 e. The molecule has 0 unspecified atom stereocenters. The van der Waals surface area contributed by atoms with E-state index in [1.54, 1.807) is 19.1 Å². The molecule has 0 aliphatic carbocycles. The molecule has 0 saturated carbocycles. The van der Waals surface area contributed by atoms with E-state index in [1.165, 1.54) is 12.1 Å². The Labute approximate surface area is 138 Å². The number of aryl methyl sites for hydroxylation is 2. The third kappa shape index (κ3) is 3.30. The van der Waals surface area contributed by atoms with Crippen LogP contribution in [0.1, 0.15) is 17.5 Å². The first kappa shape index (κ1) is 15.8. The second-order valence-corrected chi connectivity index (χ2v) is 7.09. The summed E-state index contributed by atoms with van der Waals surface area (Å²) in [4.78, 5) is 15.1. The molecule has 1 amide bonds. The molecule has 2 aromatic rings. The standard InChI is InChI=1S/C15H13ClN2O4S/c1-9-6-12(8-17-15(9)16)23(20,21)22-11-3-4-13-10(7-11)2-5-14(19)18-13/h3-4,6-8H,2,5H2,1H3,(H,18,19). The number of fused-ring (bicyclic) bond motifs is 1. The van der Waals surface area contributed by atoms with Crippen molar-refractivity contribution >= 4 is 33.3 Å². The van der Waals surface area contributed by atoms with Gasteiger partial charge in [-0.05, 0) is 48.7 Å². The number of amides is 1. The van der Waals surface area contributed by atoms with Gasteiger partial charge in [-0.15, -0.1) is 0 Å². The predicted molar refractivity (Wildman–Crippen MR) is 85.2 cm³/mol. The first-order valence-corrected chi connectivity index (χ1v) is 8.63. The Morgan fingerprint density at radius 2 is 2.04 bits per heavy atom. The molecule has 8 heteroatoms. The summed E-state index contributed by atoms with van der Waals surface area (Å²) in [5.74, 6) is 0.133. The molecule has 6 nitrogen and oxygen atoms in total. The summed E-state index contributed by atoms with van der Waals surface area (Å²) in [5.41, 5.74) is 2.06. The van der Waals surface area contributed by atoms with E-state index in [4.69, 9.17) is 15.8 Å². The number of aromatic nitrogens is 1. The number of carbonyl (C=O) groups excluding carboxylic acids is 1. The van der Waals surface area contributed by atoms with Gasteiger partial charge in [0.1, 0.15) is 15.8 Å². The van der Waals surface area contributed by atoms with Crippen LogP contribution in [-0.2, 0) is 21.3 Å². The Kier molecular flexibility index (Phi) is 3.99. The van der Waals surface area contributed by atoms with Crippen LogP contribution in [0.25, 0.3) is 0 Å². The fraction of sp³-hybridized carbons (Fsp3) is 0.200. The van der Waals surface area contributed by atoms with Crippen LogP contribution < -0.4 is 9.50 Å². The van der Waals surface area contributed by atoms with Crippen molar-refractivity contribution in [2.75, 3.05) is 5.32 Å². The van der Waals surface area contributed by atoms with Gasteiger partial charge in [-0.1, -0.05) is 11.6 Å². The number of hydrogen-bond acceptors (Lipinski definition) is 5. The second-order valence-electron chi connectivity index (χ2n) is 5.18. The zero-order valence-electron chi connectivity index (χ0n) is 12.2. The zero-order valence-corrected chi connectivity index (χ0v) is 13.7. The van der Waals surface area contributed by atoms with Gasteiger partial charge in [0.15, 0.2) is 0 Å². The molecule has 1 aliphatic rings. The summed E-state index contributed by atoms with van der Waals surface area (Å²) < 4.78 is 29.8. The van der Waals surface area contributed by atoms with Gasteiger partial charge >= 0.3 is 10.1 Å². The minimum Gasteiger partial charge on any atom is -0.379 e. The fourth-order valence-corrected chi connectivity index (χ4v) is 3.31. The molecule has 2 heterocycles. The predicted octanol–water partition coefficient (Wildman–Crippen LogP) is 2.70. The quantitative estimate of drug-likeness (QED) is 0.678. The van der Waals surface area contributed by atoms with E-state index in [9.17, 15) is 13.2 Å². The Balaban J connectivity index is 1.88. The van der Waals surface area contributed by atoms with Gasteiger partial charge in [-0.2, -0.15) is 8.42 Å². The van der Waals surface area contributed by atoms with E-state index in [0.29, 0.717) is 24.1 Å². The third-order valence-corrected chi connectivity index (χ3v) is 5.06. The highest BCUT2D eigenvalue weighted by Gasteiger charge is 2.20. The molecule has 1 aromatic heterocycles. The van der Waals surface area contributed by atoms with Crippen LogP contribution in [0.3, 0.4) is 0 Å². The highest BCUT2D eigenvalue weighted by atomic mass is 35.5. The molecule has 1 aromatic carbocycles. The second kappa shape index (κ2) is 5.82. The van der Waals surface area contributed by atoms with E-state index in [2.05, 4.69) is 10.3 Å². The van der Waals surface area contributed by atoms with Crippen molar-refractivity contribution in [2.45, 2.75) is 24.7 Å². The highest BCUT2D eigenvalue weighted by molar-refractivity contribution is 7.87. The lowest BCUT2D eigenvalue weighted by Gasteiger charge is -2.17. The first-order valence-electron chi connectivity index (χ1n) is 6.84. The molecule has 0 radical (unpaired) electrons. The van der Waals surface area contributed by atoms with Crippen molar-refractivity contribution in [1.82, 2.24) is 4.98 Å². The van der Waals surface area contributed by atoms with Crippen molar-refractivity contribution in [1.29, 1.82) is 0 Å². The maximum absolute atomic E-state index is 12.3. The molecule has 120 valence electrons. The number of hydrogen-bond donors (Lipinski definition) is 1. The van der Waals surface area contributed by atoms with Gasteiger partial charge in [0, 0.05) is 12.1 Å². The largest absolute Gasteiger partial charge is 0.379 e. The Morgan fingerprint density at radius 3 is 2.78 bits per heavy atom. The smallest absolute Gasteiger partial charge is 0.340 e. The average Bonchev–Trinajstić information content (AvgIpc) is 2.49.